The number of hydrazine groups is 1. The highest BCUT2D eigenvalue weighted by Gasteiger charge is 2.26. The average Bonchev–Trinajstić information content (AvgIpc) is 2.24. The number of nitrogens with two attached hydrogens (primary N) is 1. The van der Waals surface area contributed by atoms with Crippen molar-refractivity contribution in [3.8, 4) is 0 Å². The fourth-order valence-electron chi connectivity index (χ4n) is 2.23. The Bertz CT molecular complexity index is 349. The maximum absolute atomic E-state index is 5.71. The van der Waals surface area contributed by atoms with Crippen molar-refractivity contribution < 1.29 is 0 Å². The first-order chi connectivity index (χ1) is 7.89. The minimum atomic E-state index is 0.215. The van der Waals surface area contributed by atoms with E-state index in [0.29, 0.717) is 6.04 Å². The molecule has 0 saturated heterocycles. The topological polar surface area (TPSA) is 38.0 Å². The van der Waals surface area contributed by atoms with Crippen LogP contribution in [0.2, 0.25) is 0 Å². The molecule has 1 atom stereocenters. The Hall–Kier alpha value is -0.860. The van der Waals surface area contributed by atoms with E-state index in [1.807, 2.05) is 0 Å². The van der Waals surface area contributed by atoms with Gasteiger partial charge in [-0.3, -0.25) is 11.3 Å². The second kappa shape index (κ2) is 5.65. The van der Waals surface area contributed by atoms with Gasteiger partial charge in [0.05, 0.1) is 0 Å². The molecule has 1 unspecified atom stereocenters. The van der Waals surface area contributed by atoms with Gasteiger partial charge in [0.25, 0.3) is 0 Å². The molecule has 0 fully saturated rings. The molecule has 2 nitrogen and oxygen atoms in total. The van der Waals surface area contributed by atoms with Crippen LogP contribution < -0.4 is 11.3 Å². The predicted octanol–water partition coefficient (Wildman–Crippen LogP) is 3.11. The van der Waals surface area contributed by atoms with Gasteiger partial charge in [0.2, 0.25) is 0 Å². The minimum absolute atomic E-state index is 0.215. The molecule has 0 aliphatic heterocycles. The largest absolute Gasteiger partial charge is 0.271 e. The van der Waals surface area contributed by atoms with E-state index in [0.717, 1.165) is 12.8 Å². The zero-order valence-electron chi connectivity index (χ0n) is 11.8. The quantitative estimate of drug-likeness (QED) is 0.607. The second-order valence-corrected chi connectivity index (χ2v) is 5.76. The molecule has 0 aliphatic rings. The van der Waals surface area contributed by atoms with Gasteiger partial charge >= 0.3 is 0 Å². The standard InChI is InChI=1S/C15H26N2/c1-6-15(4,5)14(17-16)10-13-8-11(2)7-12(3)9-13/h7-9,14,17H,6,10,16H2,1-5H3. The van der Waals surface area contributed by atoms with Gasteiger partial charge in [-0.05, 0) is 37.7 Å². The Morgan fingerprint density at radius 1 is 1.18 bits per heavy atom. The molecule has 2 heteroatoms. The lowest BCUT2D eigenvalue weighted by atomic mass is 9.79. The second-order valence-electron chi connectivity index (χ2n) is 5.76. The molecular formula is C15H26N2. The van der Waals surface area contributed by atoms with E-state index >= 15 is 0 Å². The Kier molecular flexibility index (Phi) is 4.72. The van der Waals surface area contributed by atoms with Gasteiger partial charge in [-0.15, -0.1) is 0 Å². The number of hydrogen-bond acceptors (Lipinski definition) is 2. The van der Waals surface area contributed by atoms with Gasteiger partial charge < -0.3 is 0 Å². The molecular weight excluding hydrogens is 208 g/mol. The number of aryl methyl sites for hydroxylation is 2. The first-order valence-corrected chi connectivity index (χ1v) is 6.42. The van der Waals surface area contributed by atoms with Gasteiger partial charge in [-0.25, -0.2) is 0 Å². The van der Waals surface area contributed by atoms with E-state index < -0.39 is 0 Å². The molecule has 0 heterocycles. The normalized spacial score (nSPS) is 13.8. The molecule has 17 heavy (non-hydrogen) atoms. The summed E-state index contributed by atoms with van der Waals surface area (Å²) in [5.41, 5.74) is 7.21. The summed E-state index contributed by atoms with van der Waals surface area (Å²) in [6.07, 6.45) is 2.10. The molecule has 1 aromatic rings. The summed E-state index contributed by atoms with van der Waals surface area (Å²) in [4.78, 5) is 0. The fourth-order valence-corrected chi connectivity index (χ4v) is 2.23. The van der Waals surface area contributed by atoms with Crippen LogP contribution >= 0.6 is 0 Å². The minimum Gasteiger partial charge on any atom is -0.271 e. The van der Waals surface area contributed by atoms with Crippen LogP contribution in [-0.2, 0) is 6.42 Å². The molecule has 0 saturated carbocycles. The van der Waals surface area contributed by atoms with Gasteiger partial charge in [0.1, 0.15) is 0 Å². The third-order valence-electron chi connectivity index (χ3n) is 3.78. The average molecular weight is 234 g/mol. The highest BCUT2D eigenvalue weighted by atomic mass is 15.2. The molecule has 0 bridgehead atoms. The highest BCUT2D eigenvalue weighted by Crippen LogP contribution is 2.27. The van der Waals surface area contributed by atoms with Crippen molar-refractivity contribution in [2.75, 3.05) is 0 Å². The van der Waals surface area contributed by atoms with Crippen LogP contribution in [0.1, 0.15) is 43.9 Å². The fraction of sp³-hybridized carbons (Fsp3) is 0.600. The number of benzene rings is 1. The third-order valence-corrected chi connectivity index (χ3v) is 3.78. The van der Waals surface area contributed by atoms with Crippen LogP contribution in [0.25, 0.3) is 0 Å². The van der Waals surface area contributed by atoms with Crippen molar-refractivity contribution in [3.63, 3.8) is 0 Å². The Morgan fingerprint density at radius 2 is 1.71 bits per heavy atom. The lowest BCUT2D eigenvalue weighted by Gasteiger charge is -2.33. The van der Waals surface area contributed by atoms with Gasteiger partial charge in [0.15, 0.2) is 0 Å². The molecule has 96 valence electrons. The molecule has 0 spiro atoms. The molecule has 0 radical (unpaired) electrons. The number of rotatable bonds is 5. The summed E-state index contributed by atoms with van der Waals surface area (Å²) in [5.74, 6) is 5.71. The highest BCUT2D eigenvalue weighted by molar-refractivity contribution is 5.29. The van der Waals surface area contributed by atoms with E-state index in [1.54, 1.807) is 0 Å². The smallest absolute Gasteiger partial charge is 0.0301 e. The van der Waals surface area contributed by atoms with Crippen LogP contribution in [0.5, 0.6) is 0 Å². The van der Waals surface area contributed by atoms with Crippen molar-refractivity contribution >= 4 is 0 Å². The summed E-state index contributed by atoms with van der Waals surface area (Å²) < 4.78 is 0. The van der Waals surface area contributed by atoms with Crippen molar-refractivity contribution in [1.29, 1.82) is 0 Å². The monoisotopic (exact) mass is 234 g/mol. The molecule has 0 amide bonds. The molecule has 3 N–H and O–H groups in total. The van der Waals surface area contributed by atoms with E-state index in [1.165, 1.54) is 16.7 Å². The van der Waals surface area contributed by atoms with Crippen molar-refractivity contribution in [3.05, 3.63) is 34.9 Å². The maximum Gasteiger partial charge on any atom is 0.0301 e. The van der Waals surface area contributed by atoms with Crippen LogP contribution in [0.15, 0.2) is 18.2 Å². The van der Waals surface area contributed by atoms with Crippen LogP contribution in [0, 0.1) is 19.3 Å². The first-order valence-electron chi connectivity index (χ1n) is 6.42. The van der Waals surface area contributed by atoms with Crippen LogP contribution in [0.4, 0.5) is 0 Å². The van der Waals surface area contributed by atoms with E-state index in [-0.39, 0.29) is 5.41 Å². The van der Waals surface area contributed by atoms with Gasteiger partial charge in [0, 0.05) is 6.04 Å². The number of hydrogen-bond donors (Lipinski definition) is 2. The summed E-state index contributed by atoms with van der Waals surface area (Å²) in [6, 6.07) is 7.03. The first kappa shape index (κ1) is 14.2. The molecule has 0 aliphatic carbocycles. The predicted molar refractivity (Wildman–Crippen MR) is 74.8 cm³/mol. The Morgan fingerprint density at radius 3 is 2.12 bits per heavy atom. The zero-order valence-corrected chi connectivity index (χ0v) is 11.8. The van der Waals surface area contributed by atoms with E-state index in [4.69, 9.17) is 5.84 Å². The van der Waals surface area contributed by atoms with Crippen molar-refractivity contribution in [1.82, 2.24) is 5.43 Å². The summed E-state index contributed by atoms with van der Waals surface area (Å²) in [7, 11) is 0. The van der Waals surface area contributed by atoms with E-state index in [9.17, 15) is 0 Å². The SMILES string of the molecule is CCC(C)(C)C(Cc1cc(C)cc(C)c1)NN. The molecule has 1 aromatic carbocycles. The lowest BCUT2D eigenvalue weighted by molar-refractivity contribution is 0.231. The van der Waals surface area contributed by atoms with E-state index in [2.05, 4.69) is 58.2 Å². The van der Waals surface area contributed by atoms with Gasteiger partial charge in [-0.2, -0.15) is 0 Å². The van der Waals surface area contributed by atoms with Crippen LogP contribution in [-0.4, -0.2) is 6.04 Å². The summed E-state index contributed by atoms with van der Waals surface area (Å²) >= 11 is 0. The zero-order chi connectivity index (χ0) is 13.1. The van der Waals surface area contributed by atoms with Crippen LogP contribution in [0.3, 0.4) is 0 Å². The third kappa shape index (κ3) is 3.83. The Balaban J connectivity index is 2.88. The molecule has 1 rings (SSSR count). The van der Waals surface area contributed by atoms with Crippen molar-refractivity contribution in [2.24, 2.45) is 11.3 Å². The summed E-state index contributed by atoms with van der Waals surface area (Å²) in [6.45, 7) is 11.0. The number of nitrogens with one attached hydrogen (secondary N) is 1. The molecule has 0 aromatic heterocycles. The maximum atomic E-state index is 5.71. The summed E-state index contributed by atoms with van der Waals surface area (Å²) in [5, 5.41) is 0. The van der Waals surface area contributed by atoms with Gasteiger partial charge in [-0.1, -0.05) is 50.1 Å². The Labute approximate surface area is 106 Å². The lowest BCUT2D eigenvalue weighted by Crippen LogP contribution is -2.46. The van der Waals surface area contributed by atoms with Crippen molar-refractivity contribution in [2.45, 2.75) is 53.5 Å².